The molecular formula is C37H25ClN4O5S. The second-order valence-corrected chi connectivity index (χ2v) is 13.7. The summed E-state index contributed by atoms with van der Waals surface area (Å²) in [6.07, 6.45) is 0. The van der Waals surface area contributed by atoms with E-state index < -0.39 is 15.6 Å². The van der Waals surface area contributed by atoms with Gasteiger partial charge in [-0.1, -0.05) is 71.8 Å². The first-order valence-electron chi connectivity index (χ1n) is 15.0. The lowest BCUT2D eigenvalue weighted by atomic mass is 9.81. The minimum atomic E-state index is -4.07. The Balaban J connectivity index is 1.49. The molecule has 0 amide bonds. The van der Waals surface area contributed by atoms with Gasteiger partial charge in [0.1, 0.15) is 10.6 Å². The Morgan fingerprint density at radius 3 is 2.31 bits per heavy atom. The Kier molecular flexibility index (Phi) is 6.76. The van der Waals surface area contributed by atoms with Gasteiger partial charge in [-0.15, -0.1) is 0 Å². The van der Waals surface area contributed by atoms with Gasteiger partial charge in [0.05, 0.1) is 28.0 Å². The second kappa shape index (κ2) is 10.9. The van der Waals surface area contributed by atoms with Gasteiger partial charge in [-0.25, -0.2) is 13.4 Å². The molecule has 48 heavy (non-hydrogen) atoms. The molecule has 0 fully saturated rings. The summed E-state index contributed by atoms with van der Waals surface area (Å²) in [5.41, 5.74) is 4.22. The number of fused-ring (bicyclic) bond motifs is 3. The first-order chi connectivity index (χ1) is 23.1. The molecule has 1 aliphatic carbocycles. The molecule has 1 aliphatic heterocycles. The molecule has 6 aromatic rings. The van der Waals surface area contributed by atoms with Crippen molar-refractivity contribution in [2.75, 3.05) is 5.32 Å². The average molecular weight is 673 g/mol. The van der Waals surface area contributed by atoms with E-state index in [1.54, 1.807) is 60.7 Å². The fraction of sp³-hybridized carbons (Fsp3) is 0.0541. The van der Waals surface area contributed by atoms with Gasteiger partial charge in [-0.3, -0.25) is 14.3 Å². The number of para-hydroxylation sites is 1. The van der Waals surface area contributed by atoms with Gasteiger partial charge >= 0.3 is 0 Å². The number of carbonyl (C=O) groups excluding carboxylic acids is 1. The van der Waals surface area contributed by atoms with Crippen molar-refractivity contribution in [3.8, 4) is 22.6 Å². The first kappa shape index (κ1) is 29.7. The maximum absolute atomic E-state index is 14.5. The van der Waals surface area contributed by atoms with Crippen LogP contribution in [0.25, 0.3) is 22.0 Å². The van der Waals surface area contributed by atoms with E-state index in [2.05, 4.69) is 20.0 Å². The molecule has 8 rings (SSSR count). The van der Waals surface area contributed by atoms with Crippen LogP contribution in [0.3, 0.4) is 0 Å². The van der Waals surface area contributed by atoms with Crippen molar-refractivity contribution in [2.45, 2.75) is 18.7 Å². The molecule has 0 bridgehead atoms. The molecule has 3 N–H and O–H groups in total. The number of aliphatic imine (C=N–C) groups is 1. The fourth-order valence-corrected chi connectivity index (χ4v) is 7.54. The topological polar surface area (TPSA) is 130 Å². The number of rotatable bonds is 5. The number of halogens is 1. The Bertz CT molecular complexity index is 2580. The molecule has 0 saturated carbocycles. The predicted octanol–water partition coefficient (Wildman–Crippen LogP) is 7.92. The Morgan fingerprint density at radius 1 is 0.792 bits per heavy atom. The highest BCUT2D eigenvalue weighted by molar-refractivity contribution is 7.90. The van der Waals surface area contributed by atoms with Crippen molar-refractivity contribution in [1.29, 1.82) is 0 Å². The highest BCUT2D eigenvalue weighted by atomic mass is 35.5. The number of H-pyrrole nitrogens is 1. The highest BCUT2D eigenvalue weighted by Gasteiger charge is 2.36. The molecule has 0 radical (unpaired) electrons. The summed E-state index contributed by atoms with van der Waals surface area (Å²) >= 11 is 6.38. The number of aryl methyl sites for hydroxylation is 2. The molecule has 0 atom stereocenters. The molecule has 1 aromatic heterocycles. The van der Waals surface area contributed by atoms with E-state index in [4.69, 9.17) is 16.3 Å². The third-order valence-corrected chi connectivity index (χ3v) is 10.1. The van der Waals surface area contributed by atoms with Crippen LogP contribution in [0.4, 0.5) is 17.1 Å². The van der Waals surface area contributed by atoms with Gasteiger partial charge in [0.25, 0.3) is 15.6 Å². The van der Waals surface area contributed by atoms with Gasteiger partial charge in [0, 0.05) is 33.3 Å². The SMILES string of the molecule is Cc1ccc(Oc2cc(Nc3cc(Cl)ccc3C)c3c4c(c(C5=Nc6ccccc6S(=O)(=O)N5)c(=O)[nH]c24)-c2ccccc2C3=O)cc1. The summed E-state index contributed by atoms with van der Waals surface area (Å²) < 4.78 is 35.7. The first-order valence-corrected chi connectivity index (χ1v) is 16.8. The molecule has 236 valence electrons. The molecule has 5 aromatic carbocycles. The Morgan fingerprint density at radius 2 is 1.52 bits per heavy atom. The van der Waals surface area contributed by atoms with Crippen molar-refractivity contribution in [2.24, 2.45) is 4.99 Å². The van der Waals surface area contributed by atoms with E-state index in [0.29, 0.717) is 44.2 Å². The van der Waals surface area contributed by atoms with E-state index in [0.717, 1.165) is 11.1 Å². The predicted molar refractivity (Wildman–Crippen MR) is 187 cm³/mol. The van der Waals surface area contributed by atoms with Gasteiger partial charge in [0.2, 0.25) is 0 Å². The van der Waals surface area contributed by atoms with Gasteiger partial charge in [-0.05, 0) is 61.4 Å². The van der Waals surface area contributed by atoms with E-state index in [1.165, 1.54) is 6.07 Å². The van der Waals surface area contributed by atoms with Crippen molar-refractivity contribution < 1.29 is 17.9 Å². The number of hydrogen-bond donors (Lipinski definition) is 3. The van der Waals surface area contributed by atoms with E-state index in [-0.39, 0.29) is 44.6 Å². The number of aromatic amines is 1. The molecule has 0 unspecified atom stereocenters. The Labute approximate surface area is 280 Å². The molecule has 9 nitrogen and oxygen atoms in total. The zero-order chi connectivity index (χ0) is 33.3. The summed E-state index contributed by atoms with van der Waals surface area (Å²) in [5.74, 6) is 0.331. The van der Waals surface area contributed by atoms with Gasteiger partial charge < -0.3 is 15.0 Å². The number of carbonyl (C=O) groups is 1. The summed E-state index contributed by atoms with van der Waals surface area (Å²) in [4.78, 5) is 36.2. The van der Waals surface area contributed by atoms with Crippen molar-refractivity contribution in [3.05, 3.63) is 140 Å². The molecule has 0 saturated heterocycles. The number of amidine groups is 1. The van der Waals surface area contributed by atoms with Gasteiger partial charge in [-0.2, -0.15) is 0 Å². The minimum absolute atomic E-state index is 0.00644. The molecule has 11 heteroatoms. The zero-order valence-corrected chi connectivity index (χ0v) is 27.1. The van der Waals surface area contributed by atoms with Crippen LogP contribution in [0.2, 0.25) is 5.02 Å². The third kappa shape index (κ3) is 4.76. The smallest absolute Gasteiger partial charge is 0.265 e. The molecular weight excluding hydrogens is 648 g/mol. The summed E-state index contributed by atoms with van der Waals surface area (Å²) in [7, 11) is -4.07. The lowest BCUT2D eigenvalue weighted by Gasteiger charge is -2.27. The highest BCUT2D eigenvalue weighted by Crippen LogP contribution is 2.47. The second-order valence-electron chi connectivity index (χ2n) is 11.7. The van der Waals surface area contributed by atoms with Crippen LogP contribution in [0.15, 0.2) is 112 Å². The molecule has 2 aliphatic rings. The maximum Gasteiger partial charge on any atom is 0.265 e. The lowest BCUT2D eigenvalue weighted by molar-refractivity contribution is 0.104. The fourth-order valence-electron chi connectivity index (χ4n) is 6.21. The van der Waals surface area contributed by atoms with Gasteiger partial charge in [0.15, 0.2) is 17.4 Å². The zero-order valence-electron chi connectivity index (χ0n) is 25.5. The number of aromatic nitrogens is 1. The number of nitrogens with zero attached hydrogens (tertiary/aromatic N) is 1. The largest absolute Gasteiger partial charge is 0.455 e. The van der Waals surface area contributed by atoms with Crippen LogP contribution in [0.5, 0.6) is 11.5 Å². The van der Waals surface area contributed by atoms with Crippen LogP contribution in [0.1, 0.15) is 32.6 Å². The Hall–Kier alpha value is -5.71. The lowest BCUT2D eigenvalue weighted by Crippen LogP contribution is -2.38. The number of ether oxygens (including phenoxy) is 1. The number of ketones is 1. The minimum Gasteiger partial charge on any atom is -0.455 e. The average Bonchev–Trinajstić information content (AvgIpc) is 3.06. The van der Waals surface area contributed by atoms with Crippen LogP contribution in [-0.2, 0) is 10.0 Å². The van der Waals surface area contributed by atoms with Crippen LogP contribution < -0.4 is 20.3 Å². The molecule has 0 spiro atoms. The molecule has 2 heterocycles. The van der Waals surface area contributed by atoms with Crippen LogP contribution in [-0.4, -0.2) is 25.0 Å². The maximum atomic E-state index is 14.5. The third-order valence-electron chi connectivity index (χ3n) is 8.50. The normalized spacial score (nSPS) is 14.1. The number of anilines is 2. The quantitative estimate of drug-likeness (QED) is 0.170. The number of nitrogens with one attached hydrogen (secondary N) is 3. The number of sulfonamides is 1. The number of hydrogen-bond acceptors (Lipinski definition) is 7. The van der Waals surface area contributed by atoms with Crippen LogP contribution in [0, 0.1) is 13.8 Å². The summed E-state index contributed by atoms with van der Waals surface area (Å²) in [6.45, 7) is 3.88. The number of benzene rings is 5. The van der Waals surface area contributed by atoms with Crippen molar-refractivity contribution in [1.82, 2.24) is 9.71 Å². The summed E-state index contributed by atoms with van der Waals surface area (Å²) in [5, 5.41) is 4.28. The van der Waals surface area contributed by atoms with E-state index in [1.807, 2.05) is 44.2 Å². The van der Waals surface area contributed by atoms with Crippen LogP contribution >= 0.6 is 11.6 Å². The van der Waals surface area contributed by atoms with E-state index in [9.17, 15) is 18.0 Å². The van der Waals surface area contributed by atoms with Crippen molar-refractivity contribution in [3.63, 3.8) is 0 Å². The summed E-state index contributed by atoms with van der Waals surface area (Å²) in [6, 6.07) is 27.7. The van der Waals surface area contributed by atoms with E-state index >= 15 is 0 Å². The standard InChI is InChI=1S/C37H25ClN4O5S/c1-19-11-15-22(16-12-19)47-28-18-27(39-26-17-21(38)14-13-20(26)2)31-32-30(23-7-3-4-8-24(23)35(31)43)33(37(44)41-34(28)32)36-40-25-9-5-6-10-29(25)48(45,46)42-36/h3-18,39H,1-2H3,(H,40,42)(H,41,44). The van der Waals surface area contributed by atoms with Crippen molar-refractivity contribution >= 4 is 61.2 Å². The monoisotopic (exact) mass is 672 g/mol. The number of pyridine rings is 1.